The van der Waals surface area contributed by atoms with Gasteiger partial charge in [0.05, 0.1) is 5.69 Å². The molecule has 2 amide bonds. The van der Waals surface area contributed by atoms with Gasteiger partial charge in [-0.1, -0.05) is 6.07 Å². The van der Waals surface area contributed by atoms with Crippen LogP contribution >= 0.6 is 11.3 Å². The van der Waals surface area contributed by atoms with Gasteiger partial charge in [0.1, 0.15) is 11.3 Å². The number of rotatable bonds is 5. The number of aryl methyl sites for hydroxylation is 1. The van der Waals surface area contributed by atoms with E-state index >= 15 is 0 Å². The summed E-state index contributed by atoms with van der Waals surface area (Å²) in [6, 6.07) is 7.57. The average Bonchev–Trinajstić information content (AvgIpc) is 3.35. The third-order valence-corrected chi connectivity index (χ3v) is 5.75. The Morgan fingerprint density at radius 2 is 2.00 bits per heavy atom. The number of fused-ring (bicyclic) bond motifs is 1. The first-order chi connectivity index (χ1) is 13.6. The summed E-state index contributed by atoms with van der Waals surface area (Å²) in [5, 5.41) is 6.70. The highest BCUT2D eigenvalue weighted by atomic mass is 32.1. The van der Waals surface area contributed by atoms with E-state index < -0.39 is 0 Å². The largest absolute Gasteiger partial charge is 0.351 e. The Hall–Kier alpha value is -2.71. The number of carbonyl (C=O) groups excluding carboxylic acids is 2. The summed E-state index contributed by atoms with van der Waals surface area (Å²) in [6.07, 6.45) is 1.88. The Morgan fingerprint density at radius 3 is 2.75 bits per heavy atom. The Kier molecular flexibility index (Phi) is 5.40. The average molecular weight is 398 g/mol. The van der Waals surface area contributed by atoms with Crippen molar-refractivity contribution in [1.82, 2.24) is 24.5 Å². The van der Waals surface area contributed by atoms with Gasteiger partial charge in [0.2, 0.25) is 0 Å². The van der Waals surface area contributed by atoms with Gasteiger partial charge in [0.25, 0.3) is 11.8 Å². The summed E-state index contributed by atoms with van der Waals surface area (Å²) in [5.74, 6) is -0.000222. The molecule has 1 saturated heterocycles. The van der Waals surface area contributed by atoms with E-state index in [4.69, 9.17) is 0 Å². The standard InChI is InChI=1S/C20H23N5O2S/c1-15-18(25-7-3-2-4-17(25)22-15)20(27)24-11-9-23(10-12-24)8-6-21-19(26)16-5-13-28-14-16/h2-5,7,13-14H,6,8-12H2,1H3,(H,21,26). The molecule has 4 heterocycles. The molecule has 3 aromatic heterocycles. The van der Waals surface area contributed by atoms with Gasteiger partial charge < -0.3 is 10.2 Å². The molecule has 0 unspecified atom stereocenters. The fourth-order valence-electron chi connectivity index (χ4n) is 3.52. The lowest BCUT2D eigenvalue weighted by Gasteiger charge is -2.34. The van der Waals surface area contributed by atoms with Crippen molar-refractivity contribution in [2.75, 3.05) is 39.3 Å². The first-order valence-corrected chi connectivity index (χ1v) is 10.3. The second-order valence-corrected chi connectivity index (χ2v) is 7.66. The molecule has 146 valence electrons. The van der Waals surface area contributed by atoms with Gasteiger partial charge in [-0.3, -0.25) is 18.9 Å². The van der Waals surface area contributed by atoms with E-state index in [0.29, 0.717) is 30.9 Å². The Balaban J connectivity index is 1.29. The van der Waals surface area contributed by atoms with Crippen molar-refractivity contribution < 1.29 is 9.59 Å². The zero-order valence-electron chi connectivity index (χ0n) is 15.8. The number of piperazine rings is 1. The molecule has 1 aliphatic heterocycles. The Bertz CT molecular complexity index is 974. The molecule has 0 saturated carbocycles. The predicted molar refractivity (Wildman–Crippen MR) is 109 cm³/mol. The molecular weight excluding hydrogens is 374 g/mol. The van der Waals surface area contributed by atoms with Crippen LogP contribution in [0.4, 0.5) is 0 Å². The minimum absolute atomic E-state index is 0.0293. The molecule has 0 aliphatic carbocycles. The van der Waals surface area contributed by atoms with E-state index in [-0.39, 0.29) is 11.8 Å². The fraction of sp³-hybridized carbons (Fsp3) is 0.350. The summed E-state index contributed by atoms with van der Waals surface area (Å²) in [6.45, 7) is 6.23. The summed E-state index contributed by atoms with van der Waals surface area (Å²) in [7, 11) is 0. The van der Waals surface area contributed by atoms with Crippen molar-refractivity contribution in [2.45, 2.75) is 6.92 Å². The van der Waals surface area contributed by atoms with Crippen molar-refractivity contribution in [3.05, 3.63) is 58.2 Å². The number of imidazole rings is 1. The molecule has 1 N–H and O–H groups in total. The number of nitrogens with one attached hydrogen (secondary N) is 1. The van der Waals surface area contributed by atoms with Crippen LogP contribution < -0.4 is 5.32 Å². The van der Waals surface area contributed by atoms with Gasteiger partial charge in [-0.15, -0.1) is 0 Å². The van der Waals surface area contributed by atoms with Gasteiger partial charge in [-0.25, -0.2) is 4.98 Å². The Labute approximate surface area is 167 Å². The highest BCUT2D eigenvalue weighted by Crippen LogP contribution is 2.15. The van der Waals surface area contributed by atoms with Gasteiger partial charge in [0.15, 0.2) is 0 Å². The highest BCUT2D eigenvalue weighted by Gasteiger charge is 2.26. The predicted octanol–water partition coefficient (Wildman–Crippen LogP) is 1.89. The molecule has 0 radical (unpaired) electrons. The number of aromatic nitrogens is 2. The van der Waals surface area contributed by atoms with Gasteiger partial charge in [0, 0.05) is 56.4 Å². The second kappa shape index (κ2) is 8.12. The van der Waals surface area contributed by atoms with Crippen LogP contribution in [0.1, 0.15) is 26.5 Å². The van der Waals surface area contributed by atoms with E-state index in [1.165, 1.54) is 11.3 Å². The van der Waals surface area contributed by atoms with Crippen LogP contribution in [0.2, 0.25) is 0 Å². The van der Waals surface area contributed by atoms with Crippen molar-refractivity contribution in [1.29, 1.82) is 0 Å². The van der Waals surface area contributed by atoms with Crippen molar-refractivity contribution in [3.63, 3.8) is 0 Å². The lowest BCUT2D eigenvalue weighted by atomic mass is 10.2. The number of nitrogens with zero attached hydrogens (tertiary/aromatic N) is 4. The number of carbonyl (C=O) groups is 2. The lowest BCUT2D eigenvalue weighted by Crippen LogP contribution is -2.50. The number of hydrogen-bond donors (Lipinski definition) is 1. The number of hydrogen-bond acceptors (Lipinski definition) is 5. The van der Waals surface area contributed by atoms with Crippen LogP contribution in [0.25, 0.3) is 5.65 Å². The van der Waals surface area contributed by atoms with Crippen LogP contribution in [0.15, 0.2) is 41.2 Å². The molecule has 4 rings (SSSR count). The maximum absolute atomic E-state index is 13.0. The van der Waals surface area contributed by atoms with Crippen molar-refractivity contribution in [2.24, 2.45) is 0 Å². The summed E-state index contributed by atoms with van der Waals surface area (Å²) in [5.41, 5.74) is 2.91. The van der Waals surface area contributed by atoms with Crippen molar-refractivity contribution >= 4 is 28.8 Å². The molecule has 0 atom stereocenters. The second-order valence-electron chi connectivity index (χ2n) is 6.88. The number of amides is 2. The molecule has 7 nitrogen and oxygen atoms in total. The lowest BCUT2D eigenvalue weighted by molar-refractivity contribution is 0.0630. The van der Waals surface area contributed by atoms with E-state index in [1.807, 2.05) is 57.4 Å². The quantitative estimate of drug-likeness (QED) is 0.714. The van der Waals surface area contributed by atoms with E-state index in [0.717, 1.165) is 31.0 Å². The van der Waals surface area contributed by atoms with E-state index in [9.17, 15) is 9.59 Å². The third kappa shape index (κ3) is 3.79. The highest BCUT2D eigenvalue weighted by molar-refractivity contribution is 7.08. The zero-order chi connectivity index (χ0) is 19.5. The molecule has 0 spiro atoms. The summed E-state index contributed by atoms with van der Waals surface area (Å²) >= 11 is 1.52. The molecule has 3 aromatic rings. The van der Waals surface area contributed by atoms with Gasteiger partial charge >= 0.3 is 0 Å². The van der Waals surface area contributed by atoms with Crippen LogP contribution in [-0.4, -0.2) is 70.3 Å². The minimum Gasteiger partial charge on any atom is -0.351 e. The van der Waals surface area contributed by atoms with Crippen LogP contribution in [0.3, 0.4) is 0 Å². The Morgan fingerprint density at radius 1 is 1.18 bits per heavy atom. The monoisotopic (exact) mass is 397 g/mol. The number of pyridine rings is 1. The third-order valence-electron chi connectivity index (χ3n) is 5.06. The van der Waals surface area contributed by atoms with Crippen LogP contribution in [0, 0.1) is 6.92 Å². The fourth-order valence-corrected chi connectivity index (χ4v) is 4.15. The normalized spacial score (nSPS) is 15.1. The summed E-state index contributed by atoms with van der Waals surface area (Å²) < 4.78 is 1.87. The maximum Gasteiger partial charge on any atom is 0.272 e. The molecule has 28 heavy (non-hydrogen) atoms. The zero-order valence-corrected chi connectivity index (χ0v) is 16.6. The first kappa shape index (κ1) is 18.6. The molecule has 0 aromatic carbocycles. The SMILES string of the molecule is Cc1nc2ccccn2c1C(=O)N1CCN(CCNC(=O)c2ccsc2)CC1. The number of thiophene rings is 1. The smallest absolute Gasteiger partial charge is 0.272 e. The van der Waals surface area contributed by atoms with Gasteiger partial charge in [-0.05, 0) is 30.5 Å². The molecular formula is C20H23N5O2S. The maximum atomic E-state index is 13.0. The van der Waals surface area contributed by atoms with Gasteiger partial charge in [-0.2, -0.15) is 11.3 Å². The van der Waals surface area contributed by atoms with Crippen molar-refractivity contribution in [3.8, 4) is 0 Å². The molecule has 8 heteroatoms. The molecule has 1 aliphatic rings. The van der Waals surface area contributed by atoms with E-state index in [1.54, 1.807) is 0 Å². The van der Waals surface area contributed by atoms with Crippen LogP contribution in [0.5, 0.6) is 0 Å². The molecule has 1 fully saturated rings. The topological polar surface area (TPSA) is 70.0 Å². The molecule has 0 bridgehead atoms. The summed E-state index contributed by atoms with van der Waals surface area (Å²) in [4.78, 5) is 33.7. The van der Waals surface area contributed by atoms with E-state index in [2.05, 4.69) is 15.2 Å². The first-order valence-electron chi connectivity index (χ1n) is 9.39. The van der Waals surface area contributed by atoms with Crippen LogP contribution in [-0.2, 0) is 0 Å². The minimum atomic E-state index is -0.0295.